The first kappa shape index (κ1) is 10.0. The van der Waals surface area contributed by atoms with Gasteiger partial charge in [-0.3, -0.25) is 4.90 Å². The molecule has 0 saturated carbocycles. The molecule has 2 heteroatoms. The number of piperazine rings is 1. The molecule has 0 radical (unpaired) electrons. The van der Waals surface area contributed by atoms with E-state index in [9.17, 15) is 0 Å². The smallest absolute Gasteiger partial charge is 0.0200 e. The summed E-state index contributed by atoms with van der Waals surface area (Å²) in [6, 6.07) is 2.10. The van der Waals surface area contributed by atoms with Crippen LogP contribution in [0.2, 0.25) is 0 Å². The van der Waals surface area contributed by atoms with Crippen molar-refractivity contribution in [2.75, 3.05) is 20.1 Å². The second-order valence-electron chi connectivity index (χ2n) is 4.46. The van der Waals surface area contributed by atoms with Crippen LogP contribution in [0.4, 0.5) is 0 Å². The average molecular weight is 170 g/mol. The van der Waals surface area contributed by atoms with Crippen LogP contribution < -0.4 is 0 Å². The van der Waals surface area contributed by atoms with Gasteiger partial charge in [0.05, 0.1) is 0 Å². The highest BCUT2D eigenvalue weighted by molar-refractivity contribution is 4.85. The van der Waals surface area contributed by atoms with Gasteiger partial charge in [0, 0.05) is 31.2 Å². The molecule has 2 atom stereocenters. The van der Waals surface area contributed by atoms with Crippen molar-refractivity contribution < 1.29 is 0 Å². The van der Waals surface area contributed by atoms with Crippen molar-refractivity contribution in [2.45, 2.75) is 45.8 Å². The van der Waals surface area contributed by atoms with E-state index in [1.807, 2.05) is 0 Å². The second kappa shape index (κ2) is 3.75. The maximum Gasteiger partial charge on any atom is 0.0200 e. The van der Waals surface area contributed by atoms with Gasteiger partial charge < -0.3 is 4.90 Å². The van der Waals surface area contributed by atoms with E-state index >= 15 is 0 Å². The molecule has 1 aliphatic heterocycles. The molecule has 0 aliphatic carbocycles. The van der Waals surface area contributed by atoms with Gasteiger partial charge in [-0.25, -0.2) is 0 Å². The quantitative estimate of drug-likeness (QED) is 0.587. The minimum atomic E-state index is 0.684. The van der Waals surface area contributed by atoms with Crippen LogP contribution in [0.3, 0.4) is 0 Å². The van der Waals surface area contributed by atoms with Gasteiger partial charge in [-0.1, -0.05) is 0 Å². The molecule has 72 valence electrons. The van der Waals surface area contributed by atoms with Crippen molar-refractivity contribution >= 4 is 0 Å². The summed E-state index contributed by atoms with van der Waals surface area (Å²) in [5.41, 5.74) is 0. The van der Waals surface area contributed by atoms with Gasteiger partial charge in [-0.05, 0) is 34.7 Å². The summed E-state index contributed by atoms with van der Waals surface area (Å²) in [5.74, 6) is 0. The molecule has 2 unspecified atom stereocenters. The number of nitrogens with zero attached hydrogens (tertiary/aromatic N) is 2. The fourth-order valence-electron chi connectivity index (χ4n) is 2.62. The fourth-order valence-corrected chi connectivity index (χ4v) is 2.62. The third-order valence-electron chi connectivity index (χ3n) is 2.77. The number of hydrogen-bond donors (Lipinski definition) is 0. The Morgan fingerprint density at radius 2 is 1.50 bits per heavy atom. The SMILES string of the molecule is CC(C)N1C(C)CN(C)CC1C. The third-order valence-corrected chi connectivity index (χ3v) is 2.77. The molecule has 1 saturated heterocycles. The number of likely N-dealkylation sites (N-methyl/N-ethyl adjacent to an activating group) is 1. The first-order chi connectivity index (χ1) is 5.52. The predicted octanol–water partition coefficient (Wildman–Crippen LogP) is 1.42. The summed E-state index contributed by atoms with van der Waals surface area (Å²) in [5, 5.41) is 0. The Hall–Kier alpha value is -0.0800. The first-order valence-corrected chi connectivity index (χ1v) is 4.98. The Kier molecular flexibility index (Phi) is 3.13. The van der Waals surface area contributed by atoms with Crippen molar-refractivity contribution in [3.05, 3.63) is 0 Å². The number of hydrogen-bond acceptors (Lipinski definition) is 2. The van der Waals surface area contributed by atoms with E-state index in [1.54, 1.807) is 0 Å². The van der Waals surface area contributed by atoms with Gasteiger partial charge in [-0.2, -0.15) is 0 Å². The van der Waals surface area contributed by atoms with Gasteiger partial charge in [0.25, 0.3) is 0 Å². The second-order valence-corrected chi connectivity index (χ2v) is 4.46. The maximum atomic E-state index is 2.61. The van der Waals surface area contributed by atoms with Gasteiger partial charge in [-0.15, -0.1) is 0 Å². The summed E-state index contributed by atoms with van der Waals surface area (Å²) in [4.78, 5) is 5.04. The van der Waals surface area contributed by atoms with Crippen molar-refractivity contribution in [3.63, 3.8) is 0 Å². The molecule has 0 bridgehead atoms. The van der Waals surface area contributed by atoms with Crippen LogP contribution in [-0.2, 0) is 0 Å². The molecular formula is C10H22N2. The molecular weight excluding hydrogens is 148 g/mol. The molecule has 1 fully saturated rings. The van der Waals surface area contributed by atoms with Crippen LogP contribution in [0.25, 0.3) is 0 Å². The molecule has 0 aromatic rings. The monoisotopic (exact) mass is 170 g/mol. The van der Waals surface area contributed by atoms with Crippen molar-refractivity contribution in [1.82, 2.24) is 9.80 Å². The van der Waals surface area contributed by atoms with Crippen LogP contribution >= 0.6 is 0 Å². The average Bonchev–Trinajstić information content (AvgIpc) is 1.82. The molecule has 0 aromatic carbocycles. The summed E-state index contributed by atoms with van der Waals surface area (Å²) >= 11 is 0. The zero-order valence-corrected chi connectivity index (χ0v) is 9.04. The summed E-state index contributed by atoms with van der Waals surface area (Å²) in [6.45, 7) is 11.7. The highest BCUT2D eigenvalue weighted by atomic mass is 15.3. The van der Waals surface area contributed by atoms with Gasteiger partial charge in [0.2, 0.25) is 0 Å². The zero-order chi connectivity index (χ0) is 9.30. The van der Waals surface area contributed by atoms with E-state index in [4.69, 9.17) is 0 Å². The summed E-state index contributed by atoms with van der Waals surface area (Å²) < 4.78 is 0. The van der Waals surface area contributed by atoms with E-state index in [-0.39, 0.29) is 0 Å². The highest BCUT2D eigenvalue weighted by Crippen LogP contribution is 2.16. The van der Waals surface area contributed by atoms with E-state index in [1.165, 1.54) is 13.1 Å². The molecule has 12 heavy (non-hydrogen) atoms. The van der Waals surface area contributed by atoms with E-state index in [0.717, 1.165) is 0 Å². The molecule has 2 nitrogen and oxygen atoms in total. The lowest BCUT2D eigenvalue weighted by Gasteiger charge is -2.45. The molecule has 0 spiro atoms. The van der Waals surface area contributed by atoms with E-state index in [0.29, 0.717) is 18.1 Å². The Morgan fingerprint density at radius 1 is 1.08 bits per heavy atom. The standard InChI is InChI=1S/C10H22N2/c1-8(2)12-9(3)6-11(5)7-10(12)4/h8-10H,6-7H2,1-5H3. The number of rotatable bonds is 1. The minimum absolute atomic E-state index is 0.684. The van der Waals surface area contributed by atoms with Crippen LogP contribution in [0.5, 0.6) is 0 Å². The molecule has 0 N–H and O–H groups in total. The van der Waals surface area contributed by atoms with Crippen molar-refractivity contribution in [1.29, 1.82) is 0 Å². The van der Waals surface area contributed by atoms with Gasteiger partial charge in [0.15, 0.2) is 0 Å². The molecule has 1 rings (SSSR count). The lowest BCUT2D eigenvalue weighted by atomic mass is 10.1. The molecule has 1 aliphatic rings. The van der Waals surface area contributed by atoms with Crippen molar-refractivity contribution in [2.24, 2.45) is 0 Å². The normalized spacial score (nSPS) is 34.5. The largest absolute Gasteiger partial charge is 0.303 e. The summed E-state index contributed by atoms with van der Waals surface area (Å²) in [6.07, 6.45) is 0. The van der Waals surface area contributed by atoms with Crippen molar-refractivity contribution in [3.8, 4) is 0 Å². The lowest BCUT2D eigenvalue weighted by molar-refractivity contribution is 0.0280. The Morgan fingerprint density at radius 3 is 1.83 bits per heavy atom. The zero-order valence-electron chi connectivity index (χ0n) is 9.04. The first-order valence-electron chi connectivity index (χ1n) is 4.98. The Balaban J connectivity index is 2.60. The van der Waals surface area contributed by atoms with Gasteiger partial charge in [0.1, 0.15) is 0 Å². The van der Waals surface area contributed by atoms with Crippen LogP contribution in [0.15, 0.2) is 0 Å². The van der Waals surface area contributed by atoms with E-state index in [2.05, 4.69) is 44.5 Å². The third kappa shape index (κ3) is 1.99. The summed E-state index contributed by atoms with van der Waals surface area (Å²) in [7, 11) is 2.21. The van der Waals surface area contributed by atoms with Crippen LogP contribution in [0, 0.1) is 0 Å². The fraction of sp³-hybridized carbons (Fsp3) is 1.00. The molecule has 0 amide bonds. The van der Waals surface area contributed by atoms with Gasteiger partial charge >= 0.3 is 0 Å². The highest BCUT2D eigenvalue weighted by Gasteiger charge is 2.28. The van der Waals surface area contributed by atoms with E-state index < -0.39 is 0 Å². The lowest BCUT2D eigenvalue weighted by Crippen LogP contribution is -2.57. The Bertz CT molecular complexity index is 133. The predicted molar refractivity (Wildman–Crippen MR) is 53.4 cm³/mol. The molecule has 0 aromatic heterocycles. The topological polar surface area (TPSA) is 6.48 Å². The Labute approximate surface area is 76.5 Å². The van der Waals surface area contributed by atoms with Crippen LogP contribution in [-0.4, -0.2) is 48.1 Å². The molecule has 1 heterocycles. The minimum Gasteiger partial charge on any atom is -0.303 e. The maximum absolute atomic E-state index is 2.61. The van der Waals surface area contributed by atoms with Crippen LogP contribution in [0.1, 0.15) is 27.7 Å².